The normalized spacial score (nSPS) is 14.9. The van der Waals surface area contributed by atoms with Crippen LogP contribution in [-0.2, 0) is 37.4 Å². The molecule has 12 heteroatoms. The van der Waals surface area contributed by atoms with E-state index in [2.05, 4.69) is 10.3 Å². The second kappa shape index (κ2) is 10.00. The van der Waals surface area contributed by atoms with Crippen LogP contribution in [0.5, 0.6) is 0 Å². The van der Waals surface area contributed by atoms with E-state index in [-0.39, 0.29) is 24.0 Å². The first kappa shape index (κ1) is 23.4. The van der Waals surface area contributed by atoms with Crippen molar-refractivity contribution in [3.05, 3.63) is 46.4 Å². The molecule has 0 saturated carbocycles. The number of hydrogen-bond donors (Lipinski definition) is 1. The van der Waals surface area contributed by atoms with E-state index in [9.17, 15) is 18.0 Å². The Hall–Kier alpha value is -2.80. The quantitative estimate of drug-likeness (QED) is 0.475. The summed E-state index contributed by atoms with van der Waals surface area (Å²) in [5.41, 5.74) is 1.25. The van der Waals surface area contributed by atoms with Gasteiger partial charge in [-0.15, -0.1) is 11.3 Å². The molecule has 3 aromatic rings. The number of morpholine rings is 1. The maximum Gasteiger partial charge on any atom is 0.325 e. The van der Waals surface area contributed by atoms with Gasteiger partial charge in [0.05, 0.1) is 34.0 Å². The lowest BCUT2D eigenvalue weighted by atomic mass is 10.3. The van der Waals surface area contributed by atoms with Gasteiger partial charge in [-0.3, -0.25) is 9.59 Å². The van der Waals surface area contributed by atoms with Crippen LogP contribution in [0, 0.1) is 0 Å². The van der Waals surface area contributed by atoms with Crippen molar-refractivity contribution in [2.75, 3.05) is 32.8 Å². The van der Waals surface area contributed by atoms with Gasteiger partial charge in [0.15, 0.2) is 0 Å². The molecule has 33 heavy (non-hydrogen) atoms. The molecule has 0 atom stereocenters. The predicted octanol–water partition coefficient (Wildman–Crippen LogP) is 1.61. The first-order valence-corrected chi connectivity index (χ1v) is 12.8. The van der Waals surface area contributed by atoms with E-state index in [4.69, 9.17) is 9.47 Å². The average Bonchev–Trinajstić information content (AvgIpc) is 3.49. The largest absolute Gasteiger partial charge is 0.456 e. The van der Waals surface area contributed by atoms with E-state index in [1.54, 1.807) is 35.7 Å². The summed E-state index contributed by atoms with van der Waals surface area (Å²) in [5, 5.41) is 4.30. The zero-order chi connectivity index (χ0) is 23.4. The number of imidazole rings is 1. The van der Waals surface area contributed by atoms with Gasteiger partial charge in [0.2, 0.25) is 10.0 Å². The number of ether oxygens (including phenoxy) is 2. The highest BCUT2D eigenvalue weighted by Gasteiger charge is 2.27. The minimum atomic E-state index is -3.64. The number of nitrogens with zero attached hydrogens (tertiary/aromatic N) is 3. The van der Waals surface area contributed by atoms with Crippen LogP contribution in [0.15, 0.2) is 40.6 Å². The van der Waals surface area contributed by atoms with Gasteiger partial charge >= 0.3 is 5.97 Å². The SMILES string of the molecule is CCn1c(COC(=O)CNC(=O)c2cccs2)nc2cc(S(=O)(=O)N3CCOCC3)ccc21. The van der Waals surface area contributed by atoms with Crippen molar-refractivity contribution in [2.45, 2.75) is 25.0 Å². The summed E-state index contributed by atoms with van der Waals surface area (Å²) in [6, 6.07) is 8.24. The van der Waals surface area contributed by atoms with Crippen molar-refractivity contribution >= 4 is 44.3 Å². The smallest absolute Gasteiger partial charge is 0.325 e. The standard InChI is InChI=1S/C21H24N4O6S2/c1-2-25-17-6-5-15(33(28,29)24-7-9-30-10-8-24)12-16(17)23-19(25)14-31-20(26)13-22-21(27)18-4-3-11-32-18/h3-6,11-12H,2,7-10,13-14H2,1H3,(H,22,27). The summed E-state index contributed by atoms with van der Waals surface area (Å²) < 4.78 is 39.7. The molecule has 4 rings (SSSR count). The Morgan fingerprint density at radius 1 is 1.24 bits per heavy atom. The molecule has 0 unspecified atom stereocenters. The highest BCUT2D eigenvalue weighted by atomic mass is 32.2. The highest BCUT2D eigenvalue weighted by molar-refractivity contribution is 7.89. The lowest BCUT2D eigenvalue weighted by Crippen LogP contribution is -2.40. The van der Waals surface area contributed by atoms with Gasteiger partial charge in [-0.05, 0) is 36.6 Å². The number of fused-ring (bicyclic) bond motifs is 1. The molecular weight excluding hydrogens is 468 g/mol. The Kier molecular flexibility index (Phi) is 7.08. The topological polar surface area (TPSA) is 120 Å². The van der Waals surface area contributed by atoms with Gasteiger partial charge in [-0.25, -0.2) is 13.4 Å². The van der Waals surface area contributed by atoms with Crippen LogP contribution in [0.3, 0.4) is 0 Å². The molecule has 1 aromatic carbocycles. The van der Waals surface area contributed by atoms with Gasteiger partial charge in [0.25, 0.3) is 5.91 Å². The van der Waals surface area contributed by atoms with Crippen molar-refractivity contribution < 1.29 is 27.5 Å². The summed E-state index contributed by atoms with van der Waals surface area (Å²) >= 11 is 1.28. The first-order chi connectivity index (χ1) is 15.9. The number of carbonyl (C=O) groups is 2. The van der Waals surface area contributed by atoms with E-state index in [0.717, 1.165) is 5.52 Å². The summed E-state index contributed by atoms with van der Waals surface area (Å²) in [6.45, 7) is 3.50. The van der Waals surface area contributed by atoms with Crippen molar-refractivity contribution in [1.29, 1.82) is 0 Å². The number of sulfonamides is 1. The zero-order valence-electron chi connectivity index (χ0n) is 18.0. The molecule has 1 N–H and O–H groups in total. The van der Waals surface area contributed by atoms with Crippen LogP contribution >= 0.6 is 11.3 Å². The number of benzene rings is 1. The Balaban J connectivity index is 1.45. The minimum Gasteiger partial charge on any atom is -0.456 e. The Bertz CT molecular complexity index is 1250. The Morgan fingerprint density at radius 3 is 2.73 bits per heavy atom. The second-order valence-electron chi connectivity index (χ2n) is 7.26. The van der Waals surface area contributed by atoms with Crippen molar-refractivity contribution in [2.24, 2.45) is 0 Å². The van der Waals surface area contributed by atoms with Gasteiger partial charge in [0.1, 0.15) is 19.0 Å². The highest BCUT2D eigenvalue weighted by Crippen LogP contribution is 2.24. The van der Waals surface area contributed by atoms with Crippen LogP contribution in [0.1, 0.15) is 22.4 Å². The molecule has 1 aliphatic heterocycles. The summed E-state index contributed by atoms with van der Waals surface area (Å²) in [7, 11) is -3.64. The van der Waals surface area contributed by atoms with Gasteiger partial charge in [-0.1, -0.05) is 6.07 Å². The van der Waals surface area contributed by atoms with E-state index in [1.807, 2.05) is 11.5 Å². The second-order valence-corrected chi connectivity index (χ2v) is 10.1. The zero-order valence-corrected chi connectivity index (χ0v) is 19.7. The molecular formula is C21H24N4O6S2. The third-order valence-electron chi connectivity index (χ3n) is 5.22. The van der Waals surface area contributed by atoms with Crippen LogP contribution in [0.25, 0.3) is 11.0 Å². The van der Waals surface area contributed by atoms with Crippen molar-refractivity contribution in [3.8, 4) is 0 Å². The molecule has 3 heterocycles. The van der Waals surface area contributed by atoms with Crippen molar-refractivity contribution in [3.63, 3.8) is 0 Å². The molecule has 176 valence electrons. The first-order valence-electron chi connectivity index (χ1n) is 10.4. The number of amides is 1. The number of thiophene rings is 1. The summed E-state index contributed by atoms with van der Waals surface area (Å²) in [5.74, 6) is -0.437. The number of aryl methyl sites for hydroxylation is 1. The Morgan fingerprint density at radius 2 is 2.03 bits per heavy atom. The number of carbonyl (C=O) groups excluding carboxylic acids is 2. The molecule has 0 spiro atoms. The molecule has 2 aromatic heterocycles. The van der Waals surface area contributed by atoms with Crippen LogP contribution in [0.2, 0.25) is 0 Å². The maximum atomic E-state index is 13.0. The lowest BCUT2D eigenvalue weighted by molar-refractivity contribution is -0.144. The summed E-state index contributed by atoms with van der Waals surface area (Å²) in [6.07, 6.45) is 0. The van der Waals surface area contributed by atoms with Crippen LogP contribution in [-0.4, -0.2) is 67.0 Å². The average molecular weight is 493 g/mol. The third kappa shape index (κ3) is 5.08. The number of rotatable bonds is 8. The minimum absolute atomic E-state index is 0.0955. The van der Waals surface area contributed by atoms with Crippen molar-refractivity contribution in [1.82, 2.24) is 19.2 Å². The van der Waals surface area contributed by atoms with Gasteiger partial charge in [-0.2, -0.15) is 4.31 Å². The molecule has 1 fully saturated rings. The lowest BCUT2D eigenvalue weighted by Gasteiger charge is -2.26. The molecule has 0 bridgehead atoms. The summed E-state index contributed by atoms with van der Waals surface area (Å²) in [4.78, 5) is 29.2. The third-order valence-corrected chi connectivity index (χ3v) is 7.99. The van der Waals surface area contributed by atoms with Gasteiger partial charge < -0.3 is 19.4 Å². The van der Waals surface area contributed by atoms with Crippen LogP contribution < -0.4 is 5.32 Å². The Labute approximate surface area is 195 Å². The van der Waals surface area contributed by atoms with E-state index >= 15 is 0 Å². The van der Waals surface area contributed by atoms with Crippen LogP contribution in [0.4, 0.5) is 0 Å². The molecule has 0 radical (unpaired) electrons. The molecule has 10 nitrogen and oxygen atoms in total. The predicted molar refractivity (Wildman–Crippen MR) is 121 cm³/mol. The fourth-order valence-corrected chi connectivity index (χ4v) is 5.63. The monoisotopic (exact) mass is 492 g/mol. The fourth-order valence-electron chi connectivity index (χ4n) is 3.56. The number of nitrogens with one attached hydrogen (secondary N) is 1. The van der Waals surface area contributed by atoms with E-state index in [0.29, 0.717) is 49.1 Å². The molecule has 1 aliphatic rings. The van der Waals surface area contributed by atoms with Gasteiger partial charge in [0, 0.05) is 19.6 Å². The maximum absolute atomic E-state index is 13.0. The number of aromatic nitrogens is 2. The van der Waals surface area contributed by atoms with E-state index < -0.39 is 16.0 Å². The van der Waals surface area contributed by atoms with E-state index in [1.165, 1.54) is 15.6 Å². The molecule has 0 aliphatic carbocycles. The molecule has 1 saturated heterocycles. The fraction of sp³-hybridized carbons (Fsp3) is 0.381. The number of esters is 1. The number of hydrogen-bond acceptors (Lipinski definition) is 8. The molecule has 1 amide bonds.